The van der Waals surface area contributed by atoms with Gasteiger partial charge in [0.15, 0.2) is 11.5 Å². The Labute approximate surface area is 425 Å². The Hall–Kier alpha value is -7.99. The summed E-state index contributed by atoms with van der Waals surface area (Å²) in [6.45, 7) is 15.5. The Morgan fingerprint density at radius 3 is 2.11 bits per heavy atom. The van der Waals surface area contributed by atoms with Gasteiger partial charge in [-0.15, -0.1) is 0 Å². The number of urea groups is 1. The van der Waals surface area contributed by atoms with Gasteiger partial charge in [-0.3, -0.25) is 24.4 Å². The Morgan fingerprint density at radius 2 is 1.45 bits per heavy atom. The lowest BCUT2D eigenvalue weighted by Crippen LogP contribution is -2.52. The molecule has 2 aliphatic rings. The van der Waals surface area contributed by atoms with Crippen LogP contribution in [0.5, 0.6) is 11.5 Å². The van der Waals surface area contributed by atoms with Crippen LogP contribution in [-0.4, -0.2) is 134 Å². The van der Waals surface area contributed by atoms with Crippen molar-refractivity contribution in [1.29, 1.82) is 0 Å². The van der Waals surface area contributed by atoms with Crippen molar-refractivity contribution in [3.8, 4) is 45.2 Å². The molecule has 3 aromatic heterocycles. The Balaban J connectivity index is 0.921. The van der Waals surface area contributed by atoms with E-state index in [1.807, 2.05) is 100 Å². The molecule has 5 heterocycles. The highest BCUT2D eigenvalue weighted by molar-refractivity contribution is 6.06. The first-order chi connectivity index (χ1) is 35.3. The fourth-order valence-electron chi connectivity index (χ4n) is 9.24. The number of hydrogen-bond donors (Lipinski definition) is 4. The second kappa shape index (κ2) is 22.2. The Morgan fingerprint density at radius 1 is 0.767 bits per heavy atom. The zero-order chi connectivity index (χ0) is 51.2. The van der Waals surface area contributed by atoms with Gasteiger partial charge in [0.2, 0.25) is 5.95 Å². The number of aromatic nitrogens is 4. The van der Waals surface area contributed by atoms with Crippen LogP contribution < -0.4 is 15.5 Å². The largest absolute Gasteiger partial charge is 0.508 e. The first kappa shape index (κ1) is 50.0. The lowest BCUT2D eigenvalue weighted by atomic mass is 9.94. The van der Waals surface area contributed by atoms with Crippen LogP contribution >= 0.6 is 0 Å². The number of rotatable bonds is 14. The summed E-state index contributed by atoms with van der Waals surface area (Å²) in [6, 6.07) is 29.1. The summed E-state index contributed by atoms with van der Waals surface area (Å²) in [4.78, 5) is 66.1. The maximum Gasteiger partial charge on any atom is 0.331 e. The molecule has 4 N–H and O–H groups in total. The molecule has 17 nitrogen and oxygen atoms in total. The highest BCUT2D eigenvalue weighted by atomic mass is 16.5. The molecule has 2 aliphatic heterocycles. The summed E-state index contributed by atoms with van der Waals surface area (Å²) in [5.41, 5.74) is 7.98. The van der Waals surface area contributed by atoms with Crippen molar-refractivity contribution in [2.24, 2.45) is 0 Å². The fraction of sp³-hybridized carbons (Fsp3) is 0.304. The van der Waals surface area contributed by atoms with E-state index in [2.05, 4.69) is 47.5 Å². The number of anilines is 3. The second-order valence-electron chi connectivity index (χ2n) is 19.0. The van der Waals surface area contributed by atoms with Crippen molar-refractivity contribution in [1.82, 2.24) is 45.0 Å². The predicted octanol–water partition coefficient (Wildman–Crippen LogP) is 8.53. The number of nitrogens with zero attached hydrogens (tertiary/aromatic N) is 9. The van der Waals surface area contributed by atoms with Gasteiger partial charge in [0.25, 0.3) is 11.8 Å². The number of benzene rings is 4. The quantitative estimate of drug-likeness (QED) is 0.0810. The van der Waals surface area contributed by atoms with Crippen molar-refractivity contribution < 1.29 is 29.1 Å². The van der Waals surface area contributed by atoms with Gasteiger partial charge in [0.1, 0.15) is 11.5 Å². The molecule has 9 rings (SSSR count). The first-order valence-electron chi connectivity index (χ1n) is 24.7. The molecule has 0 saturated carbocycles. The number of pyridine rings is 1. The van der Waals surface area contributed by atoms with Crippen molar-refractivity contribution in [2.45, 2.75) is 46.7 Å². The predicted molar refractivity (Wildman–Crippen MR) is 281 cm³/mol. The summed E-state index contributed by atoms with van der Waals surface area (Å²) in [5, 5.41) is 31.5. The molecule has 0 aliphatic carbocycles. The van der Waals surface area contributed by atoms with Gasteiger partial charge in [0.05, 0.1) is 22.5 Å². The molecule has 0 bridgehead atoms. The smallest absolute Gasteiger partial charge is 0.331 e. The van der Waals surface area contributed by atoms with Crippen LogP contribution in [0.3, 0.4) is 0 Å². The number of nitrogens with one attached hydrogen (secondary N) is 2. The monoisotopic (exact) mass is 983 g/mol. The van der Waals surface area contributed by atoms with E-state index in [0.29, 0.717) is 84.2 Å². The molecule has 376 valence electrons. The molecule has 2 saturated heterocycles. The molecule has 7 aromatic rings. The number of carbonyl (C=O) groups excluding carboxylic acids is 3. The van der Waals surface area contributed by atoms with E-state index in [1.54, 1.807) is 41.7 Å². The number of amides is 4. The van der Waals surface area contributed by atoms with E-state index in [4.69, 9.17) is 9.51 Å². The Kier molecular flexibility index (Phi) is 15.2. The molecule has 4 aromatic carbocycles. The maximum atomic E-state index is 15.0. The molecule has 0 spiro atoms. The van der Waals surface area contributed by atoms with Gasteiger partial charge >= 0.3 is 6.03 Å². The van der Waals surface area contributed by atoms with Gasteiger partial charge in [-0.2, -0.15) is 0 Å². The van der Waals surface area contributed by atoms with Gasteiger partial charge in [0, 0.05) is 113 Å². The number of hydrogen-bond acceptors (Lipinski definition) is 13. The van der Waals surface area contributed by atoms with E-state index < -0.39 is 5.91 Å². The molecule has 17 heteroatoms. The van der Waals surface area contributed by atoms with Crippen LogP contribution in [0, 0.1) is 6.92 Å². The van der Waals surface area contributed by atoms with E-state index in [-0.39, 0.29) is 46.8 Å². The van der Waals surface area contributed by atoms with Gasteiger partial charge in [-0.05, 0) is 103 Å². The summed E-state index contributed by atoms with van der Waals surface area (Å²) in [6.07, 6.45) is 5.04. The second-order valence-corrected chi connectivity index (χ2v) is 19.0. The molecule has 0 atom stereocenters. The number of phenols is 2. The van der Waals surface area contributed by atoms with Gasteiger partial charge in [-0.1, -0.05) is 61.5 Å². The van der Waals surface area contributed by atoms with E-state index in [1.165, 1.54) is 11.0 Å². The number of aryl methyl sites for hydroxylation is 1. The third kappa shape index (κ3) is 11.4. The minimum atomic E-state index is -0.416. The average molecular weight is 984 g/mol. The van der Waals surface area contributed by atoms with Crippen LogP contribution in [0.2, 0.25) is 0 Å². The van der Waals surface area contributed by atoms with E-state index in [9.17, 15) is 24.6 Å². The highest BCUT2D eigenvalue weighted by Crippen LogP contribution is 2.43. The molecule has 0 unspecified atom stereocenters. The number of aromatic hydroxyl groups is 2. The molecule has 73 heavy (non-hydrogen) atoms. The fourth-order valence-corrected chi connectivity index (χ4v) is 9.24. The topological polar surface area (TPSA) is 197 Å². The number of phenolic OH excluding ortho intramolecular Hbond substituents is 2. The third-order valence-electron chi connectivity index (χ3n) is 13.5. The van der Waals surface area contributed by atoms with E-state index >= 15 is 0 Å². The first-order valence-corrected chi connectivity index (χ1v) is 24.7. The lowest BCUT2D eigenvalue weighted by molar-refractivity contribution is 0.0946. The van der Waals surface area contributed by atoms with Crippen LogP contribution in [0.1, 0.15) is 69.8 Å². The Bertz CT molecular complexity index is 3070. The molecule has 0 radical (unpaired) electrons. The minimum Gasteiger partial charge on any atom is -0.508 e. The third-order valence-corrected chi connectivity index (χ3v) is 13.5. The van der Waals surface area contributed by atoms with Crippen LogP contribution in [0.25, 0.3) is 33.7 Å². The minimum absolute atomic E-state index is 0.0366. The van der Waals surface area contributed by atoms with Gasteiger partial charge < -0.3 is 35.2 Å². The number of likely N-dealkylation sites (N-methyl/N-ethyl adjacent to an activating group) is 1. The van der Waals surface area contributed by atoms with Crippen molar-refractivity contribution in [3.05, 3.63) is 149 Å². The molecular formula is C56H61N11O6. The van der Waals surface area contributed by atoms with E-state index in [0.717, 1.165) is 55.0 Å². The lowest BCUT2D eigenvalue weighted by Gasteiger charge is -2.37. The molecular weight excluding hydrogens is 923 g/mol. The van der Waals surface area contributed by atoms with Crippen molar-refractivity contribution in [2.75, 3.05) is 76.2 Å². The van der Waals surface area contributed by atoms with Crippen LogP contribution in [-0.2, 0) is 13.1 Å². The SMILES string of the molecule is CCNC(=O)c1noc(-c2cc(C(C)C)c(O)cc2O)c1-c1ccc(CN2CCN(C(=O)N(c3nccc(-c4cccnc4)n3)c3cc(NC(=O)c4ccc(CN5CCN(C)CC5)cc4)ccc3C)CC2)cc1. The number of carbonyl (C=O) groups is 3. The summed E-state index contributed by atoms with van der Waals surface area (Å²) < 4.78 is 5.78. The number of piperazine rings is 2. The van der Waals surface area contributed by atoms with Crippen LogP contribution in [0.4, 0.5) is 22.1 Å². The highest BCUT2D eigenvalue weighted by Gasteiger charge is 2.32. The zero-order valence-electron chi connectivity index (χ0n) is 41.9. The average Bonchev–Trinajstić information content (AvgIpc) is 3.84. The van der Waals surface area contributed by atoms with Crippen molar-refractivity contribution >= 4 is 35.2 Å². The maximum absolute atomic E-state index is 15.0. The summed E-state index contributed by atoms with van der Waals surface area (Å²) >= 11 is 0. The summed E-state index contributed by atoms with van der Waals surface area (Å²) in [7, 11) is 2.14. The molecule has 4 amide bonds. The zero-order valence-corrected chi connectivity index (χ0v) is 41.9. The normalized spacial score (nSPS) is 14.6. The summed E-state index contributed by atoms with van der Waals surface area (Å²) in [5.74, 6) is -0.574. The van der Waals surface area contributed by atoms with Crippen LogP contribution in [0.15, 0.2) is 120 Å². The van der Waals surface area contributed by atoms with Gasteiger partial charge in [-0.25, -0.2) is 19.7 Å². The standard InChI is InChI=1S/C56H61N11O6/c1-6-58-54(71)51-50(52(73-62-51)45-31-44(36(2)3)48(68)32-49(45)69)40-14-10-38(11-15-40)35-65-26-28-66(29-27-65)56(72)67(55-59-21-19-46(61-55)42-8-7-20-57-33-42)47-30-43(18-9-37(47)4)60-53(70)41-16-12-39(13-17-41)34-64-24-22-63(5)23-25-64/h7-21,30-33,36,68-69H,6,22-29,34-35H2,1-5H3,(H,58,71)(H,60,70). The van der Waals surface area contributed by atoms with Crippen molar-refractivity contribution in [3.63, 3.8) is 0 Å². The molecule has 2 fully saturated rings.